The van der Waals surface area contributed by atoms with E-state index < -0.39 is 6.04 Å². The van der Waals surface area contributed by atoms with Crippen molar-refractivity contribution in [1.82, 2.24) is 10.6 Å². The molecule has 1 unspecified atom stereocenters. The van der Waals surface area contributed by atoms with Gasteiger partial charge in [-0.2, -0.15) is 0 Å². The van der Waals surface area contributed by atoms with Crippen LogP contribution in [-0.4, -0.2) is 29.7 Å². The van der Waals surface area contributed by atoms with Gasteiger partial charge in [0.15, 0.2) is 0 Å². The lowest BCUT2D eigenvalue weighted by atomic mass is 10.1. The molecule has 1 aliphatic carbocycles. The zero-order chi connectivity index (χ0) is 20.9. The molecule has 6 heteroatoms. The van der Waals surface area contributed by atoms with Gasteiger partial charge in [-0.3, -0.25) is 9.59 Å². The zero-order valence-corrected chi connectivity index (χ0v) is 18.0. The minimum Gasteiger partial charge on any atom is -0.352 e. The van der Waals surface area contributed by atoms with Crippen molar-refractivity contribution in [1.29, 1.82) is 0 Å². The molecule has 1 saturated carbocycles. The molecular weight excluding hydrogens is 416 g/mol. The van der Waals surface area contributed by atoms with E-state index in [2.05, 4.69) is 10.6 Å². The number of nitrogens with one attached hydrogen (secondary N) is 2. The summed E-state index contributed by atoms with van der Waals surface area (Å²) in [4.78, 5) is 26.3. The van der Waals surface area contributed by atoms with Crippen LogP contribution in [0.3, 0.4) is 0 Å². The topological polar surface area (TPSA) is 58.2 Å². The van der Waals surface area contributed by atoms with Gasteiger partial charge in [0.1, 0.15) is 6.04 Å². The lowest BCUT2D eigenvalue weighted by molar-refractivity contribution is -0.128. The predicted octanol–water partition coefficient (Wildman–Crippen LogP) is 4.59. The summed E-state index contributed by atoms with van der Waals surface area (Å²) in [5.74, 6) is -0.0735. The Morgan fingerprint density at radius 3 is 2.47 bits per heavy atom. The van der Waals surface area contributed by atoms with Gasteiger partial charge < -0.3 is 10.6 Å². The van der Waals surface area contributed by atoms with Gasteiger partial charge in [-0.25, -0.2) is 0 Å². The van der Waals surface area contributed by atoms with Gasteiger partial charge >= 0.3 is 0 Å². The minimum atomic E-state index is -0.586. The Bertz CT molecular complexity index is 1050. The maximum absolute atomic E-state index is 12.7. The van der Waals surface area contributed by atoms with Crippen LogP contribution in [0, 0.1) is 0 Å². The third kappa shape index (κ3) is 5.35. The van der Waals surface area contributed by atoms with Gasteiger partial charge in [-0.05, 0) is 35.9 Å². The lowest BCUT2D eigenvalue weighted by Crippen LogP contribution is -2.49. The number of halogens is 1. The number of amides is 2. The van der Waals surface area contributed by atoms with E-state index in [4.69, 9.17) is 11.6 Å². The second-order valence-electron chi connectivity index (χ2n) is 7.48. The Morgan fingerprint density at radius 1 is 1.00 bits per heavy atom. The zero-order valence-electron chi connectivity index (χ0n) is 16.4. The van der Waals surface area contributed by atoms with Crippen molar-refractivity contribution in [2.24, 2.45) is 0 Å². The van der Waals surface area contributed by atoms with Crippen molar-refractivity contribution in [2.75, 3.05) is 5.75 Å². The first-order valence-electron chi connectivity index (χ1n) is 10.0. The Balaban J connectivity index is 1.43. The minimum absolute atomic E-state index is 0.118. The van der Waals surface area contributed by atoms with E-state index in [1.807, 2.05) is 66.7 Å². The summed E-state index contributed by atoms with van der Waals surface area (Å²) in [6.07, 6.45) is 2.49. The highest BCUT2D eigenvalue weighted by Crippen LogP contribution is 2.33. The molecule has 3 aromatic rings. The smallest absolute Gasteiger partial charge is 0.243 e. The van der Waals surface area contributed by atoms with E-state index in [9.17, 15) is 9.59 Å². The first-order valence-corrected chi connectivity index (χ1v) is 11.4. The number of rotatable bonds is 8. The van der Waals surface area contributed by atoms with Gasteiger partial charge in [0.05, 0.1) is 5.75 Å². The van der Waals surface area contributed by atoms with Crippen LogP contribution in [0.1, 0.15) is 18.4 Å². The highest BCUT2D eigenvalue weighted by atomic mass is 35.5. The third-order valence-electron chi connectivity index (χ3n) is 5.03. The van der Waals surface area contributed by atoms with Crippen molar-refractivity contribution >= 4 is 45.9 Å². The highest BCUT2D eigenvalue weighted by molar-refractivity contribution is 8.00. The summed E-state index contributed by atoms with van der Waals surface area (Å²) < 4.78 is 0. The second kappa shape index (κ2) is 9.54. The molecule has 1 atom stereocenters. The van der Waals surface area contributed by atoms with Gasteiger partial charge in [-0.15, -0.1) is 11.8 Å². The molecule has 1 aliphatic rings. The summed E-state index contributed by atoms with van der Waals surface area (Å²) >= 11 is 7.81. The van der Waals surface area contributed by atoms with E-state index in [1.165, 1.54) is 11.8 Å². The van der Waals surface area contributed by atoms with Crippen LogP contribution in [0.4, 0.5) is 0 Å². The van der Waals surface area contributed by atoms with Crippen LogP contribution < -0.4 is 10.6 Å². The molecule has 0 aliphatic heterocycles. The first kappa shape index (κ1) is 20.8. The van der Waals surface area contributed by atoms with Crippen molar-refractivity contribution in [3.63, 3.8) is 0 Å². The van der Waals surface area contributed by atoms with E-state index in [0.717, 1.165) is 34.1 Å². The van der Waals surface area contributed by atoms with Crippen LogP contribution in [0.25, 0.3) is 10.8 Å². The molecule has 3 aromatic carbocycles. The second-order valence-corrected chi connectivity index (χ2v) is 8.90. The fraction of sp³-hybridized carbons (Fsp3) is 0.250. The number of hydrogen-bond donors (Lipinski definition) is 2. The third-order valence-corrected chi connectivity index (χ3v) is 6.41. The molecule has 0 bridgehead atoms. The number of benzene rings is 3. The SMILES string of the molecule is O=C(CSc1cccc2cccc(Cl)c12)NC(Cc1ccccc1)C(=O)NC1CC1. The highest BCUT2D eigenvalue weighted by Gasteiger charge is 2.28. The molecule has 0 spiro atoms. The Kier molecular flexibility index (Phi) is 6.60. The average Bonchev–Trinajstić information content (AvgIpc) is 3.56. The van der Waals surface area contributed by atoms with Crippen LogP contribution in [0.2, 0.25) is 5.02 Å². The van der Waals surface area contributed by atoms with Crippen molar-refractivity contribution < 1.29 is 9.59 Å². The van der Waals surface area contributed by atoms with Crippen molar-refractivity contribution in [3.8, 4) is 0 Å². The van der Waals surface area contributed by atoms with Crippen LogP contribution in [0.5, 0.6) is 0 Å². The Morgan fingerprint density at radius 2 is 1.73 bits per heavy atom. The van der Waals surface area contributed by atoms with Crippen molar-refractivity contribution in [3.05, 3.63) is 77.3 Å². The van der Waals surface area contributed by atoms with Crippen molar-refractivity contribution in [2.45, 2.75) is 36.2 Å². The average molecular weight is 439 g/mol. The first-order chi connectivity index (χ1) is 14.6. The van der Waals surface area contributed by atoms with E-state index in [0.29, 0.717) is 11.4 Å². The standard InChI is InChI=1S/C24H23ClN2O2S/c25-19-10-4-8-17-9-5-11-21(23(17)19)30-15-22(28)27-20(24(29)26-18-12-13-18)14-16-6-2-1-3-7-16/h1-11,18,20H,12-15H2,(H,26,29)(H,27,28). The van der Waals surface area contributed by atoms with Gasteiger partial charge in [0, 0.05) is 27.8 Å². The molecule has 0 aromatic heterocycles. The maximum Gasteiger partial charge on any atom is 0.243 e. The number of hydrogen-bond acceptors (Lipinski definition) is 3. The van der Waals surface area contributed by atoms with Gasteiger partial charge in [-0.1, -0.05) is 66.2 Å². The van der Waals surface area contributed by atoms with Crippen LogP contribution in [0.15, 0.2) is 71.6 Å². The summed E-state index contributed by atoms with van der Waals surface area (Å²) in [5, 5.41) is 8.59. The summed E-state index contributed by atoms with van der Waals surface area (Å²) in [6, 6.07) is 21.1. The normalized spacial score (nSPS) is 14.3. The van der Waals surface area contributed by atoms with E-state index in [-0.39, 0.29) is 23.6 Å². The molecular formula is C24H23ClN2O2S. The summed E-state index contributed by atoms with van der Waals surface area (Å²) in [6.45, 7) is 0. The molecule has 0 saturated heterocycles. The van der Waals surface area contributed by atoms with E-state index in [1.54, 1.807) is 0 Å². The molecule has 0 heterocycles. The fourth-order valence-corrected chi connectivity index (χ4v) is 4.61. The summed E-state index contributed by atoms with van der Waals surface area (Å²) in [7, 11) is 0. The molecule has 4 nitrogen and oxygen atoms in total. The number of fused-ring (bicyclic) bond motifs is 1. The Hall–Kier alpha value is -2.50. The fourth-order valence-electron chi connectivity index (χ4n) is 3.35. The number of thioether (sulfide) groups is 1. The van der Waals surface area contributed by atoms with Gasteiger partial charge in [0.25, 0.3) is 0 Å². The van der Waals surface area contributed by atoms with E-state index >= 15 is 0 Å². The largest absolute Gasteiger partial charge is 0.352 e. The van der Waals surface area contributed by atoms with Crippen LogP contribution in [-0.2, 0) is 16.0 Å². The molecule has 4 rings (SSSR count). The summed E-state index contributed by atoms with van der Waals surface area (Å²) in [5.41, 5.74) is 1.02. The van der Waals surface area contributed by atoms with Crippen LogP contribution >= 0.6 is 23.4 Å². The quantitative estimate of drug-likeness (QED) is 0.505. The molecule has 2 N–H and O–H groups in total. The monoisotopic (exact) mass is 438 g/mol. The lowest BCUT2D eigenvalue weighted by Gasteiger charge is -2.19. The molecule has 0 radical (unpaired) electrons. The Labute approximate surface area is 185 Å². The molecule has 154 valence electrons. The maximum atomic E-state index is 12.7. The molecule has 1 fully saturated rings. The van der Waals surface area contributed by atoms with Gasteiger partial charge in [0.2, 0.25) is 11.8 Å². The molecule has 30 heavy (non-hydrogen) atoms. The molecule has 2 amide bonds. The number of carbonyl (C=O) groups excluding carboxylic acids is 2. The predicted molar refractivity (Wildman–Crippen MR) is 123 cm³/mol. The number of carbonyl (C=O) groups is 2.